The summed E-state index contributed by atoms with van der Waals surface area (Å²) >= 11 is 5.95. The number of carbonyl (C=O) groups is 1. The number of hydrogen-bond acceptors (Lipinski definition) is 4. The molecule has 0 aliphatic rings. The number of aromatic nitrogens is 1. The van der Waals surface area contributed by atoms with E-state index >= 15 is 0 Å². The van der Waals surface area contributed by atoms with E-state index in [2.05, 4.69) is 10.1 Å². The molecule has 3 rings (SSSR count). The number of pyridine rings is 1. The highest BCUT2D eigenvalue weighted by Crippen LogP contribution is 2.15. The van der Waals surface area contributed by atoms with Gasteiger partial charge in [0.05, 0.1) is 5.56 Å². The van der Waals surface area contributed by atoms with E-state index in [0.717, 1.165) is 16.7 Å². The molecule has 124 valence electrons. The molecular formula is C20H15ClN2O2. The Hall–Kier alpha value is -2.98. The average molecular weight is 351 g/mol. The quantitative estimate of drug-likeness (QED) is 0.391. The first-order valence-corrected chi connectivity index (χ1v) is 8.03. The molecule has 25 heavy (non-hydrogen) atoms. The largest absolute Gasteiger partial charge is 0.365 e. The molecule has 0 saturated carbocycles. The standard InChI is InChI=1S/C20H15ClN2O2/c1-14-2-4-17(5-3-14)20(24)25-23-19(16-10-12-22-13-11-16)15-6-8-18(21)9-7-15/h2-13H,1H3/b23-19-. The predicted octanol–water partition coefficient (Wildman–Crippen LogP) is 4.65. The van der Waals surface area contributed by atoms with E-state index in [9.17, 15) is 4.79 Å². The number of nitrogens with zero attached hydrogens (tertiary/aromatic N) is 2. The molecule has 0 atom stereocenters. The fourth-order valence-electron chi connectivity index (χ4n) is 2.22. The van der Waals surface area contributed by atoms with Crippen LogP contribution in [0.4, 0.5) is 0 Å². The molecule has 2 aromatic carbocycles. The molecule has 0 unspecified atom stereocenters. The lowest BCUT2D eigenvalue weighted by Crippen LogP contribution is -2.08. The molecule has 0 bridgehead atoms. The van der Waals surface area contributed by atoms with Crippen LogP contribution in [0.5, 0.6) is 0 Å². The van der Waals surface area contributed by atoms with Crippen molar-refractivity contribution in [2.24, 2.45) is 5.16 Å². The third-order valence-corrected chi connectivity index (χ3v) is 3.83. The van der Waals surface area contributed by atoms with E-state index in [-0.39, 0.29) is 0 Å². The highest BCUT2D eigenvalue weighted by atomic mass is 35.5. The van der Waals surface area contributed by atoms with Crippen molar-refractivity contribution >= 4 is 23.3 Å². The molecule has 0 aliphatic heterocycles. The monoisotopic (exact) mass is 350 g/mol. The van der Waals surface area contributed by atoms with Crippen molar-refractivity contribution in [1.29, 1.82) is 0 Å². The van der Waals surface area contributed by atoms with E-state index in [1.54, 1.807) is 48.8 Å². The second-order valence-electron chi connectivity index (χ2n) is 5.43. The van der Waals surface area contributed by atoms with Crippen LogP contribution in [0.15, 0.2) is 78.2 Å². The summed E-state index contributed by atoms with van der Waals surface area (Å²) in [5, 5.41) is 4.71. The fourth-order valence-corrected chi connectivity index (χ4v) is 2.35. The van der Waals surface area contributed by atoms with Crippen LogP contribution in [0.2, 0.25) is 5.02 Å². The van der Waals surface area contributed by atoms with Gasteiger partial charge in [-0.05, 0) is 43.3 Å². The maximum Gasteiger partial charge on any atom is 0.365 e. The van der Waals surface area contributed by atoms with Crippen molar-refractivity contribution < 1.29 is 9.63 Å². The maximum absolute atomic E-state index is 12.2. The molecule has 5 heteroatoms. The Balaban J connectivity index is 1.91. The number of hydrogen-bond donors (Lipinski definition) is 0. The number of halogens is 1. The molecule has 0 amide bonds. The molecule has 0 saturated heterocycles. The lowest BCUT2D eigenvalue weighted by atomic mass is 10.0. The minimum absolute atomic E-state index is 0.444. The van der Waals surface area contributed by atoms with Gasteiger partial charge in [0.1, 0.15) is 5.71 Å². The van der Waals surface area contributed by atoms with Crippen LogP contribution in [-0.4, -0.2) is 16.7 Å². The summed E-state index contributed by atoms with van der Waals surface area (Å²) in [7, 11) is 0. The molecule has 1 aromatic heterocycles. The zero-order valence-electron chi connectivity index (χ0n) is 13.5. The van der Waals surface area contributed by atoms with Gasteiger partial charge in [0.15, 0.2) is 0 Å². The molecule has 0 N–H and O–H groups in total. The molecule has 1 heterocycles. The van der Waals surface area contributed by atoms with Gasteiger partial charge in [-0.1, -0.05) is 46.6 Å². The predicted molar refractivity (Wildman–Crippen MR) is 97.9 cm³/mol. The summed E-state index contributed by atoms with van der Waals surface area (Å²) in [6.07, 6.45) is 3.31. The van der Waals surface area contributed by atoms with Gasteiger partial charge < -0.3 is 4.84 Å². The van der Waals surface area contributed by atoms with Gasteiger partial charge in [-0.15, -0.1) is 0 Å². The summed E-state index contributed by atoms with van der Waals surface area (Å²) in [6, 6.07) is 17.9. The summed E-state index contributed by atoms with van der Waals surface area (Å²) in [6.45, 7) is 1.95. The topological polar surface area (TPSA) is 51.5 Å². The van der Waals surface area contributed by atoms with E-state index in [1.807, 2.05) is 31.2 Å². The third-order valence-electron chi connectivity index (χ3n) is 3.58. The van der Waals surface area contributed by atoms with Gasteiger partial charge in [0.2, 0.25) is 0 Å². The third kappa shape index (κ3) is 4.31. The normalized spacial score (nSPS) is 11.2. The van der Waals surface area contributed by atoms with E-state index in [1.165, 1.54) is 0 Å². The van der Waals surface area contributed by atoms with Gasteiger partial charge in [0.25, 0.3) is 0 Å². The lowest BCUT2D eigenvalue weighted by Gasteiger charge is -2.07. The minimum atomic E-state index is -0.513. The molecule has 0 aliphatic carbocycles. The van der Waals surface area contributed by atoms with Crippen LogP contribution >= 0.6 is 11.6 Å². The van der Waals surface area contributed by atoms with Crippen molar-refractivity contribution in [3.63, 3.8) is 0 Å². The van der Waals surface area contributed by atoms with Gasteiger partial charge in [-0.3, -0.25) is 4.98 Å². The summed E-state index contributed by atoms with van der Waals surface area (Å²) in [5.74, 6) is -0.513. The highest BCUT2D eigenvalue weighted by molar-refractivity contribution is 6.30. The number of oxime groups is 1. The molecule has 3 aromatic rings. The Morgan fingerprint density at radius 3 is 2.08 bits per heavy atom. The first-order valence-electron chi connectivity index (χ1n) is 7.66. The van der Waals surface area contributed by atoms with Crippen LogP contribution < -0.4 is 0 Å². The smallest absolute Gasteiger partial charge is 0.312 e. The second-order valence-corrected chi connectivity index (χ2v) is 5.86. The van der Waals surface area contributed by atoms with Crippen LogP contribution in [0.3, 0.4) is 0 Å². The van der Waals surface area contributed by atoms with Crippen molar-refractivity contribution in [2.45, 2.75) is 6.92 Å². The number of benzene rings is 2. The van der Waals surface area contributed by atoms with E-state index in [4.69, 9.17) is 16.4 Å². The Kier molecular flexibility index (Phi) is 5.21. The Bertz CT molecular complexity index is 889. The van der Waals surface area contributed by atoms with Gasteiger partial charge in [-0.2, -0.15) is 0 Å². The SMILES string of the molecule is Cc1ccc(C(=O)O/N=C(\c2ccncc2)c2ccc(Cl)cc2)cc1. The first-order chi connectivity index (χ1) is 12.1. The zero-order chi connectivity index (χ0) is 17.6. The second kappa shape index (κ2) is 7.73. The molecular weight excluding hydrogens is 336 g/mol. The summed E-state index contributed by atoms with van der Waals surface area (Å²) in [4.78, 5) is 21.4. The molecule has 0 spiro atoms. The molecule has 0 radical (unpaired) electrons. The Morgan fingerprint density at radius 1 is 0.880 bits per heavy atom. The van der Waals surface area contributed by atoms with Crippen molar-refractivity contribution in [3.05, 3.63) is 100 Å². The number of aryl methyl sites for hydroxylation is 1. The van der Waals surface area contributed by atoms with Gasteiger partial charge in [0, 0.05) is 28.5 Å². The van der Waals surface area contributed by atoms with Crippen LogP contribution in [0, 0.1) is 6.92 Å². The van der Waals surface area contributed by atoms with Crippen molar-refractivity contribution in [1.82, 2.24) is 4.98 Å². The van der Waals surface area contributed by atoms with E-state index in [0.29, 0.717) is 16.3 Å². The molecule has 0 fully saturated rings. The summed E-state index contributed by atoms with van der Waals surface area (Å²) < 4.78 is 0. The maximum atomic E-state index is 12.2. The Morgan fingerprint density at radius 2 is 1.44 bits per heavy atom. The average Bonchev–Trinajstić information content (AvgIpc) is 2.64. The van der Waals surface area contributed by atoms with Crippen LogP contribution in [-0.2, 0) is 4.84 Å². The summed E-state index contributed by atoms with van der Waals surface area (Å²) in [5.41, 5.74) is 3.61. The fraction of sp³-hybridized carbons (Fsp3) is 0.0500. The number of carbonyl (C=O) groups excluding carboxylic acids is 1. The number of rotatable bonds is 4. The van der Waals surface area contributed by atoms with Gasteiger partial charge >= 0.3 is 5.97 Å². The van der Waals surface area contributed by atoms with Crippen LogP contribution in [0.1, 0.15) is 27.0 Å². The molecule has 4 nitrogen and oxygen atoms in total. The van der Waals surface area contributed by atoms with Crippen molar-refractivity contribution in [2.75, 3.05) is 0 Å². The zero-order valence-corrected chi connectivity index (χ0v) is 14.3. The Labute approximate surface area is 150 Å². The highest BCUT2D eigenvalue weighted by Gasteiger charge is 2.11. The lowest BCUT2D eigenvalue weighted by molar-refractivity contribution is 0.0517. The first kappa shape index (κ1) is 16.9. The van der Waals surface area contributed by atoms with Crippen molar-refractivity contribution in [3.8, 4) is 0 Å². The minimum Gasteiger partial charge on any atom is -0.312 e. The van der Waals surface area contributed by atoms with Crippen LogP contribution in [0.25, 0.3) is 0 Å². The van der Waals surface area contributed by atoms with E-state index < -0.39 is 5.97 Å². The van der Waals surface area contributed by atoms with Gasteiger partial charge in [-0.25, -0.2) is 4.79 Å².